The Morgan fingerprint density at radius 2 is 1.88 bits per heavy atom. The van der Waals surface area contributed by atoms with Gasteiger partial charge in [-0.2, -0.15) is 0 Å². The van der Waals surface area contributed by atoms with Crippen LogP contribution in [0, 0.1) is 11.6 Å². The maximum Gasteiger partial charge on any atom is 0.324 e. The van der Waals surface area contributed by atoms with Crippen LogP contribution in [-0.4, -0.2) is 34.4 Å². The summed E-state index contributed by atoms with van der Waals surface area (Å²) in [7, 11) is 0. The summed E-state index contributed by atoms with van der Waals surface area (Å²) < 4.78 is 26.6. The number of nitrogens with one attached hydrogen (secondary N) is 1. The summed E-state index contributed by atoms with van der Waals surface area (Å²) in [5.41, 5.74) is 1.72. The Morgan fingerprint density at radius 3 is 2.46 bits per heavy atom. The van der Waals surface area contributed by atoms with Crippen molar-refractivity contribution in [2.45, 2.75) is 18.4 Å². The van der Waals surface area contributed by atoms with Crippen LogP contribution in [0.3, 0.4) is 0 Å². The first kappa shape index (κ1) is 14.7. The molecule has 2 fully saturated rings. The van der Waals surface area contributed by atoms with Crippen LogP contribution in [0.2, 0.25) is 0 Å². The Bertz CT molecular complexity index is 802. The van der Waals surface area contributed by atoms with Crippen LogP contribution in [0.15, 0.2) is 36.5 Å². The number of rotatable bonds is 3. The van der Waals surface area contributed by atoms with Crippen molar-refractivity contribution in [1.29, 1.82) is 0 Å². The van der Waals surface area contributed by atoms with Crippen LogP contribution < -0.4 is 5.32 Å². The number of amides is 3. The lowest BCUT2D eigenvalue weighted by Crippen LogP contribution is -2.33. The van der Waals surface area contributed by atoms with E-state index in [1.165, 1.54) is 17.0 Å². The Balaban J connectivity index is 1.53. The summed E-state index contributed by atoms with van der Waals surface area (Å²) in [6.45, 7) is 0.0460. The number of pyridine rings is 1. The molecule has 2 aromatic rings. The van der Waals surface area contributed by atoms with Gasteiger partial charge in [-0.15, -0.1) is 0 Å². The van der Waals surface area contributed by atoms with Gasteiger partial charge in [0.05, 0.1) is 12.2 Å². The highest BCUT2D eigenvalue weighted by atomic mass is 19.1. The fraction of sp³-hybridized carbons (Fsp3) is 0.235. The van der Waals surface area contributed by atoms with Crippen molar-refractivity contribution in [3.05, 3.63) is 53.7 Å². The molecule has 4 rings (SSSR count). The quantitative estimate of drug-likeness (QED) is 0.880. The number of nitrogens with zero attached hydrogens (tertiary/aromatic N) is 2. The summed E-state index contributed by atoms with van der Waals surface area (Å²) in [5.74, 6) is -1.47. The van der Waals surface area contributed by atoms with Crippen molar-refractivity contribution in [1.82, 2.24) is 15.2 Å². The largest absolute Gasteiger partial charge is 0.329 e. The zero-order valence-electron chi connectivity index (χ0n) is 12.5. The Hall–Kier alpha value is -2.83. The third-order valence-electron chi connectivity index (χ3n) is 4.34. The van der Waals surface area contributed by atoms with Gasteiger partial charge in [0.1, 0.15) is 11.6 Å². The van der Waals surface area contributed by atoms with Crippen LogP contribution in [0.1, 0.15) is 17.9 Å². The maximum absolute atomic E-state index is 13.3. The van der Waals surface area contributed by atoms with Crippen LogP contribution in [0.25, 0.3) is 11.3 Å². The molecule has 122 valence electrons. The van der Waals surface area contributed by atoms with Crippen molar-refractivity contribution in [2.24, 2.45) is 0 Å². The van der Waals surface area contributed by atoms with E-state index in [1.807, 2.05) is 6.07 Å². The van der Waals surface area contributed by atoms with E-state index in [2.05, 4.69) is 10.3 Å². The van der Waals surface area contributed by atoms with E-state index in [4.69, 9.17) is 0 Å². The van der Waals surface area contributed by atoms with Crippen molar-refractivity contribution in [3.63, 3.8) is 0 Å². The first-order chi connectivity index (χ1) is 11.5. The van der Waals surface area contributed by atoms with Gasteiger partial charge in [-0.25, -0.2) is 13.6 Å². The van der Waals surface area contributed by atoms with E-state index in [0.717, 1.165) is 11.6 Å². The lowest BCUT2D eigenvalue weighted by molar-refractivity contribution is -0.125. The summed E-state index contributed by atoms with van der Waals surface area (Å²) in [5, 5.41) is 2.50. The molecule has 0 bridgehead atoms. The van der Waals surface area contributed by atoms with Crippen LogP contribution >= 0.6 is 0 Å². The summed E-state index contributed by atoms with van der Waals surface area (Å²) >= 11 is 0. The van der Waals surface area contributed by atoms with E-state index in [-0.39, 0.29) is 30.4 Å². The molecular formula is C17H13F2N3O2. The molecule has 2 atom stereocenters. The van der Waals surface area contributed by atoms with Gasteiger partial charge in [0, 0.05) is 29.8 Å². The molecule has 1 aromatic heterocycles. The molecule has 0 unspecified atom stereocenters. The monoisotopic (exact) mass is 329 g/mol. The molecule has 7 heteroatoms. The molecule has 2 heterocycles. The minimum Gasteiger partial charge on any atom is -0.329 e. The fourth-order valence-corrected chi connectivity index (χ4v) is 3.09. The average molecular weight is 329 g/mol. The highest BCUT2D eigenvalue weighted by Gasteiger charge is 2.49. The summed E-state index contributed by atoms with van der Waals surface area (Å²) in [6, 6.07) is 6.26. The number of urea groups is 1. The first-order valence-corrected chi connectivity index (χ1v) is 7.55. The Morgan fingerprint density at radius 1 is 1.12 bits per heavy atom. The van der Waals surface area contributed by atoms with Crippen molar-refractivity contribution in [2.75, 3.05) is 6.54 Å². The number of hydrogen-bond donors (Lipinski definition) is 1. The molecule has 1 aliphatic carbocycles. The molecular weight excluding hydrogens is 316 g/mol. The summed E-state index contributed by atoms with van der Waals surface area (Å²) in [4.78, 5) is 28.9. The van der Waals surface area contributed by atoms with Crippen molar-refractivity contribution < 1.29 is 18.4 Å². The SMILES string of the molecule is O=C1CNC(=O)N1[C@@H]1C[C@H]1c1ccc(-c2cc(F)cc(F)c2)nc1. The van der Waals surface area contributed by atoms with Crippen LogP contribution in [0.5, 0.6) is 0 Å². The normalized spacial score (nSPS) is 22.7. The minimum absolute atomic E-state index is 0.0460. The van der Waals surface area contributed by atoms with Crippen molar-refractivity contribution in [3.8, 4) is 11.3 Å². The molecule has 5 nitrogen and oxygen atoms in total. The zero-order valence-corrected chi connectivity index (χ0v) is 12.5. The van der Waals surface area contributed by atoms with Crippen molar-refractivity contribution >= 4 is 11.9 Å². The average Bonchev–Trinajstić information content (AvgIpc) is 3.25. The number of carbonyl (C=O) groups excluding carboxylic acids is 2. The predicted octanol–water partition coefficient (Wildman–Crippen LogP) is 2.43. The van der Waals surface area contributed by atoms with E-state index in [0.29, 0.717) is 17.7 Å². The fourth-order valence-electron chi connectivity index (χ4n) is 3.09. The predicted molar refractivity (Wildman–Crippen MR) is 81.0 cm³/mol. The van der Waals surface area contributed by atoms with E-state index in [1.54, 1.807) is 12.3 Å². The number of hydrogen-bond acceptors (Lipinski definition) is 3. The molecule has 1 saturated heterocycles. The lowest BCUT2D eigenvalue weighted by Gasteiger charge is -2.12. The highest BCUT2D eigenvalue weighted by molar-refractivity contribution is 6.02. The van der Waals surface area contributed by atoms with Gasteiger partial charge in [-0.05, 0) is 30.2 Å². The van der Waals surface area contributed by atoms with E-state index in [9.17, 15) is 18.4 Å². The number of imide groups is 1. The Labute approximate surface area is 136 Å². The highest BCUT2D eigenvalue weighted by Crippen LogP contribution is 2.45. The molecule has 1 aromatic carbocycles. The van der Waals surface area contributed by atoms with Gasteiger partial charge < -0.3 is 5.32 Å². The number of benzene rings is 1. The molecule has 3 amide bonds. The third-order valence-corrected chi connectivity index (χ3v) is 4.34. The molecule has 0 radical (unpaired) electrons. The molecule has 0 spiro atoms. The van der Waals surface area contributed by atoms with Gasteiger partial charge in [0.2, 0.25) is 5.91 Å². The smallest absolute Gasteiger partial charge is 0.324 e. The minimum atomic E-state index is -0.656. The number of aromatic nitrogens is 1. The van der Waals surface area contributed by atoms with Crippen LogP contribution in [0.4, 0.5) is 13.6 Å². The van der Waals surface area contributed by atoms with E-state index >= 15 is 0 Å². The maximum atomic E-state index is 13.3. The van der Waals surface area contributed by atoms with Gasteiger partial charge in [-0.3, -0.25) is 14.7 Å². The second-order valence-electron chi connectivity index (χ2n) is 5.97. The standard InChI is InChI=1S/C17H13F2N3O2/c18-11-3-10(4-12(19)5-11)14-2-1-9(7-20-14)13-6-15(13)22-16(23)8-21-17(22)24/h1-5,7,13,15H,6,8H2,(H,21,24)/t13-,15+/m0/s1. The second-order valence-corrected chi connectivity index (χ2v) is 5.97. The molecule has 2 aliphatic rings. The van der Waals surface area contributed by atoms with E-state index < -0.39 is 11.6 Å². The molecule has 1 aliphatic heterocycles. The Kier molecular flexibility index (Phi) is 3.30. The first-order valence-electron chi connectivity index (χ1n) is 7.55. The molecule has 24 heavy (non-hydrogen) atoms. The van der Waals surface area contributed by atoms with Crippen LogP contribution in [-0.2, 0) is 4.79 Å². The lowest BCUT2D eigenvalue weighted by atomic mass is 10.1. The topological polar surface area (TPSA) is 62.3 Å². The number of carbonyl (C=O) groups is 2. The van der Waals surface area contributed by atoms with Gasteiger partial charge in [-0.1, -0.05) is 6.07 Å². The second kappa shape index (κ2) is 5.36. The number of halogens is 2. The molecule has 1 N–H and O–H groups in total. The van der Waals surface area contributed by atoms with Gasteiger partial charge in [0.25, 0.3) is 0 Å². The van der Waals surface area contributed by atoms with Gasteiger partial charge in [0.15, 0.2) is 0 Å². The van der Waals surface area contributed by atoms with Gasteiger partial charge >= 0.3 is 6.03 Å². The zero-order chi connectivity index (χ0) is 16.8. The summed E-state index contributed by atoms with van der Waals surface area (Å²) in [6.07, 6.45) is 2.33. The third kappa shape index (κ3) is 2.51. The molecule has 1 saturated carbocycles.